The van der Waals surface area contributed by atoms with Crippen molar-refractivity contribution in [2.75, 3.05) is 46.1 Å². The van der Waals surface area contributed by atoms with Crippen molar-refractivity contribution in [2.24, 2.45) is 0 Å². The minimum atomic E-state index is 0.297. The number of para-hydroxylation sites is 1. The van der Waals surface area contributed by atoms with Crippen LogP contribution in [-0.4, -0.2) is 61.0 Å². The van der Waals surface area contributed by atoms with E-state index in [1.54, 1.807) is 0 Å². The van der Waals surface area contributed by atoms with Gasteiger partial charge in [0.1, 0.15) is 12.4 Å². The molecule has 1 fully saturated rings. The Morgan fingerprint density at radius 2 is 1.79 bits per heavy atom. The number of piperazine rings is 1. The van der Waals surface area contributed by atoms with E-state index in [2.05, 4.69) is 15.1 Å². The fraction of sp³-hybridized carbons (Fsp3) is 0.381. The Labute approximate surface area is 171 Å². The molecule has 0 atom stereocenters. The van der Waals surface area contributed by atoms with Crippen LogP contribution in [0.4, 0.5) is 0 Å². The highest BCUT2D eigenvalue weighted by Gasteiger charge is 2.19. The second-order valence-corrected chi connectivity index (χ2v) is 7.22. The molecule has 7 heteroatoms. The van der Waals surface area contributed by atoms with Crippen molar-refractivity contribution in [3.8, 4) is 17.2 Å². The van der Waals surface area contributed by atoms with Crippen molar-refractivity contribution in [1.29, 1.82) is 0 Å². The maximum absolute atomic E-state index is 5.79. The van der Waals surface area contributed by atoms with Crippen molar-refractivity contribution in [2.45, 2.75) is 6.54 Å². The molecule has 0 aliphatic carbocycles. The molecular weight excluding hydrogens is 374 g/mol. The molecule has 0 spiro atoms. The van der Waals surface area contributed by atoms with Gasteiger partial charge in [0.25, 0.3) is 0 Å². The zero-order chi connectivity index (χ0) is 19.2. The van der Waals surface area contributed by atoms with Gasteiger partial charge in [-0.25, -0.2) is 0 Å². The minimum absolute atomic E-state index is 0.297. The summed E-state index contributed by atoms with van der Waals surface area (Å²) in [5.41, 5.74) is 1.13. The lowest BCUT2D eigenvalue weighted by Crippen LogP contribution is -2.52. The van der Waals surface area contributed by atoms with E-state index in [-0.39, 0.29) is 0 Å². The molecule has 0 bridgehead atoms. The smallest absolute Gasteiger partial charge is 0.231 e. The first-order valence-corrected chi connectivity index (χ1v) is 10.0. The molecule has 0 aromatic heterocycles. The predicted octanol–water partition coefficient (Wildman–Crippen LogP) is 2.49. The number of rotatable bonds is 6. The SMILES string of the molecule is S=C(NCc1ccc2c(c1)OCO2)N1CCN(CCOc2ccccc2)CC1. The molecule has 1 N–H and O–H groups in total. The van der Waals surface area contributed by atoms with Gasteiger partial charge in [0.15, 0.2) is 16.6 Å². The van der Waals surface area contributed by atoms with E-state index >= 15 is 0 Å². The molecule has 28 heavy (non-hydrogen) atoms. The van der Waals surface area contributed by atoms with Crippen LogP contribution in [0.25, 0.3) is 0 Å². The first-order chi connectivity index (χ1) is 13.8. The lowest BCUT2D eigenvalue weighted by molar-refractivity contribution is 0.153. The van der Waals surface area contributed by atoms with Gasteiger partial charge in [0.2, 0.25) is 6.79 Å². The highest BCUT2D eigenvalue weighted by molar-refractivity contribution is 7.80. The van der Waals surface area contributed by atoms with Gasteiger partial charge in [-0.3, -0.25) is 4.90 Å². The van der Waals surface area contributed by atoms with Crippen molar-refractivity contribution in [3.63, 3.8) is 0 Å². The Kier molecular flexibility index (Phi) is 6.14. The van der Waals surface area contributed by atoms with Crippen molar-refractivity contribution in [3.05, 3.63) is 54.1 Å². The lowest BCUT2D eigenvalue weighted by atomic mass is 10.2. The van der Waals surface area contributed by atoms with Crippen molar-refractivity contribution < 1.29 is 14.2 Å². The number of ether oxygens (including phenoxy) is 3. The zero-order valence-corrected chi connectivity index (χ0v) is 16.6. The summed E-state index contributed by atoms with van der Waals surface area (Å²) in [7, 11) is 0. The fourth-order valence-corrected chi connectivity index (χ4v) is 3.58. The maximum Gasteiger partial charge on any atom is 0.231 e. The van der Waals surface area contributed by atoms with Crippen molar-refractivity contribution in [1.82, 2.24) is 15.1 Å². The monoisotopic (exact) mass is 399 g/mol. The average Bonchev–Trinajstić information content (AvgIpc) is 3.21. The summed E-state index contributed by atoms with van der Waals surface area (Å²) in [5.74, 6) is 2.53. The molecule has 4 rings (SSSR count). The van der Waals surface area contributed by atoms with E-state index in [1.807, 2.05) is 48.5 Å². The van der Waals surface area contributed by atoms with Crippen LogP contribution in [0.1, 0.15) is 5.56 Å². The Bertz CT molecular complexity index is 795. The molecule has 2 aromatic carbocycles. The number of benzene rings is 2. The first-order valence-electron chi connectivity index (χ1n) is 9.59. The van der Waals surface area contributed by atoms with Crippen LogP contribution in [0.2, 0.25) is 0 Å². The van der Waals surface area contributed by atoms with Crippen LogP contribution in [-0.2, 0) is 6.54 Å². The summed E-state index contributed by atoms with van der Waals surface area (Å²) in [6, 6.07) is 15.9. The summed E-state index contributed by atoms with van der Waals surface area (Å²) in [6.07, 6.45) is 0. The number of hydrogen-bond donors (Lipinski definition) is 1. The van der Waals surface area contributed by atoms with Gasteiger partial charge in [-0.1, -0.05) is 24.3 Å². The van der Waals surface area contributed by atoms with Gasteiger partial charge in [0, 0.05) is 39.3 Å². The molecule has 2 aromatic rings. The van der Waals surface area contributed by atoms with Crippen molar-refractivity contribution >= 4 is 17.3 Å². The molecule has 2 aliphatic heterocycles. The third kappa shape index (κ3) is 4.85. The molecule has 6 nitrogen and oxygen atoms in total. The van der Waals surface area contributed by atoms with E-state index in [1.165, 1.54) is 0 Å². The molecule has 2 heterocycles. The Morgan fingerprint density at radius 1 is 1.00 bits per heavy atom. The van der Waals surface area contributed by atoms with Gasteiger partial charge in [0.05, 0.1) is 0 Å². The molecule has 0 unspecified atom stereocenters. The number of hydrogen-bond acceptors (Lipinski definition) is 5. The summed E-state index contributed by atoms with van der Waals surface area (Å²) >= 11 is 5.58. The zero-order valence-electron chi connectivity index (χ0n) is 15.8. The summed E-state index contributed by atoms with van der Waals surface area (Å²) in [5, 5.41) is 4.16. The topological polar surface area (TPSA) is 46.2 Å². The maximum atomic E-state index is 5.79. The molecule has 0 radical (unpaired) electrons. The molecule has 148 valence electrons. The average molecular weight is 400 g/mol. The van der Waals surface area contributed by atoms with Crippen LogP contribution in [0, 0.1) is 0 Å². The Balaban J connectivity index is 1.16. The number of nitrogens with zero attached hydrogens (tertiary/aromatic N) is 2. The third-order valence-electron chi connectivity index (χ3n) is 4.96. The van der Waals surface area contributed by atoms with Crippen LogP contribution in [0.3, 0.4) is 0 Å². The number of nitrogens with one attached hydrogen (secondary N) is 1. The molecule has 1 saturated heterocycles. The summed E-state index contributed by atoms with van der Waals surface area (Å²) in [6.45, 7) is 6.45. The van der Waals surface area contributed by atoms with Crippen LogP contribution < -0.4 is 19.5 Å². The van der Waals surface area contributed by atoms with Gasteiger partial charge in [-0.2, -0.15) is 0 Å². The highest BCUT2D eigenvalue weighted by Crippen LogP contribution is 2.32. The Hall–Kier alpha value is -2.51. The summed E-state index contributed by atoms with van der Waals surface area (Å²) < 4.78 is 16.6. The predicted molar refractivity (Wildman–Crippen MR) is 112 cm³/mol. The second kappa shape index (κ2) is 9.12. The van der Waals surface area contributed by atoms with Gasteiger partial charge in [-0.05, 0) is 42.0 Å². The van der Waals surface area contributed by atoms with Gasteiger partial charge in [-0.15, -0.1) is 0 Å². The molecule has 0 amide bonds. The quantitative estimate of drug-likeness (QED) is 0.749. The van der Waals surface area contributed by atoms with Crippen LogP contribution in [0.5, 0.6) is 17.2 Å². The minimum Gasteiger partial charge on any atom is -0.492 e. The molecular formula is C21H25N3O3S. The Morgan fingerprint density at radius 3 is 2.61 bits per heavy atom. The number of fused-ring (bicyclic) bond motifs is 1. The first kappa shape index (κ1) is 18.8. The third-order valence-corrected chi connectivity index (χ3v) is 5.36. The molecule has 2 aliphatic rings. The van der Waals surface area contributed by atoms with Gasteiger partial charge < -0.3 is 24.4 Å². The highest BCUT2D eigenvalue weighted by atomic mass is 32.1. The normalized spacial score (nSPS) is 16.1. The second-order valence-electron chi connectivity index (χ2n) is 6.84. The largest absolute Gasteiger partial charge is 0.492 e. The standard InChI is InChI=1S/C21H25N3O3S/c28-21(22-15-17-6-7-19-20(14-17)27-16-26-19)24-10-8-23(9-11-24)12-13-25-18-4-2-1-3-5-18/h1-7,14H,8-13,15-16H2,(H,22,28). The van der Waals surface area contributed by atoms with E-state index < -0.39 is 0 Å². The van der Waals surface area contributed by atoms with E-state index in [9.17, 15) is 0 Å². The van der Waals surface area contributed by atoms with Crippen LogP contribution >= 0.6 is 12.2 Å². The summed E-state index contributed by atoms with van der Waals surface area (Å²) in [4.78, 5) is 4.65. The van der Waals surface area contributed by atoms with E-state index in [4.69, 9.17) is 26.4 Å². The van der Waals surface area contributed by atoms with Gasteiger partial charge >= 0.3 is 0 Å². The molecule has 0 saturated carbocycles. The fourth-order valence-electron chi connectivity index (χ4n) is 3.32. The van der Waals surface area contributed by atoms with Crippen LogP contribution in [0.15, 0.2) is 48.5 Å². The van der Waals surface area contributed by atoms with E-state index in [0.29, 0.717) is 19.9 Å². The van der Waals surface area contributed by atoms with E-state index in [0.717, 1.165) is 60.6 Å². The number of thiocarbonyl (C=S) groups is 1. The lowest BCUT2D eigenvalue weighted by Gasteiger charge is -2.36.